The highest BCUT2D eigenvalue weighted by molar-refractivity contribution is 9.11. The van der Waals surface area contributed by atoms with E-state index >= 15 is 0 Å². The van der Waals surface area contributed by atoms with Crippen LogP contribution in [0.3, 0.4) is 0 Å². The highest BCUT2D eigenvalue weighted by atomic mass is 79.9. The molecule has 0 aromatic heterocycles. The largest absolute Gasteiger partial charge is 0.346 e. The van der Waals surface area contributed by atoms with E-state index in [-0.39, 0.29) is 11.4 Å². The maximum Gasteiger partial charge on any atom is 0.251 e. The minimum Gasteiger partial charge on any atom is -0.346 e. The second-order valence-electron chi connectivity index (χ2n) is 4.23. The fraction of sp³-hybridized carbons (Fsp3) is 0.462. The van der Waals surface area contributed by atoms with Crippen molar-refractivity contribution in [3.05, 3.63) is 32.7 Å². The zero-order valence-electron chi connectivity index (χ0n) is 10.4. The van der Waals surface area contributed by atoms with Gasteiger partial charge in [-0.15, -0.1) is 0 Å². The minimum atomic E-state index is -0.175. The van der Waals surface area contributed by atoms with E-state index in [0.717, 1.165) is 27.1 Å². The lowest BCUT2D eigenvalue weighted by Crippen LogP contribution is -2.49. The number of nitrogens with one attached hydrogen (secondary N) is 1. The van der Waals surface area contributed by atoms with Crippen LogP contribution in [0.5, 0.6) is 0 Å². The molecule has 0 saturated carbocycles. The van der Waals surface area contributed by atoms with E-state index in [4.69, 9.17) is 0 Å². The molecule has 0 aliphatic rings. The molecule has 0 unspecified atom stereocenters. The molecule has 1 aromatic carbocycles. The third-order valence-corrected chi connectivity index (χ3v) is 5.10. The van der Waals surface area contributed by atoms with Gasteiger partial charge in [-0.2, -0.15) is 0 Å². The van der Waals surface area contributed by atoms with Crippen LogP contribution in [-0.4, -0.2) is 16.8 Å². The Balaban J connectivity index is 2.94. The van der Waals surface area contributed by atoms with E-state index in [0.29, 0.717) is 5.56 Å². The fourth-order valence-corrected chi connectivity index (χ4v) is 3.87. The van der Waals surface area contributed by atoms with Crippen molar-refractivity contribution in [1.82, 2.24) is 5.32 Å². The zero-order chi connectivity index (χ0) is 13.8. The lowest BCUT2D eigenvalue weighted by Gasteiger charge is -2.31. The quantitative estimate of drug-likeness (QED) is 0.647. The third kappa shape index (κ3) is 4.07. The second kappa shape index (κ2) is 7.06. The summed E-state index contributed by atoms with van der Waals surface area (Å²) >= 11 is 10.3. The molecule has 1 aromatic rings. The summed E-state index contributed by atoms with van der Waals surface area (Å²) in [5.41, 5.74) is 0.481. The zero-order valence-corrected chi connectivity index (χ0v) is 15.2. The monoisotopic (exact) mass is 439 g/mol. The first-order chi connectivity index (χ1) is 8.46. The van der Waals surface area contributed by atoms with Gasteiger partial charge >= 0.3 is 0 Å². The molecule has 2 nitrogen and oxygen atoms in total. The summed E-state index contributed by atoms with van der Waals surface area (Å²) in [7, 11) is 0. The van der Waals surface area contributed by atoms with Crippen LogP contribution in [0.15, 0.2) is 27.1 Å². The van der Waals surface area contributed by atoms with Gasteiger partial charge < -0.3 is 5.32 Å². The molecule has 0 spiro atoms. The molecule has 0 saturated heterocycles. The van der Waals surface area contributed by atoms with Gasteiger partial charge in [0.2, 0.25) is 0 Å². The number of benzene rings is 1. The normalized spacial score (nSPS) is 11.4. The Bertz CT molecular complexity index is 402. The van der Waals surface area contributed by atoms with Crippen LogP contribution in [0.2, 0.25) is 0 Å². The van der Waals surface area contributed by atoms with Gasteiger partial charge in [0.25, 0.3) is 5.91 Å². The molecule has 0 aliphatic heterocycles. The van der Waals surface area contributed by atoms with Gasteiger partial charge in [0.05, 0.1) is 0 Å². The topological polar surface area (TPSA) is 29.1 Å². The average Bonchev–Trinajstić information content (AvgIpc) is 2.35. The summed E-state index contributed by atoms with van der Waals surface area (Å²) in [5, 5.41) is 3.88. The van der Waals surface area contributed by atoms with Crippen molar-refractivity contribution < 1.29 is 4.79 Å². The number of carbonyl (C=O) groups excluding carboxylic acids is 1. The van der Waals surface area contributed by atoms with Gasteiger partial charge in [-0.25, -0.2) is 0 Å². The number of rotatable bonds is 5. The Labute approximate surface area is 133 Å². The molecule has 1 rings (SSSR count). The summed E-state index contributed by atoms with van der Waals surface area (Å²) in [5.74, 6) is -0.0415. The lowest BCUT2D eigenvalue weighted by atomic mass is 9.95. The Morgan fingerprint density at radius 3 is 2.06 bits per heavy atom. The molecule has 18 heavy (non-hydrogen) atoms. The van der Waals surface area contributed by atoms with E-state index in [2.05, 4.69) is 67.0 Å². The van der Waals surface area contributed by atoms with Crippen molar-refractivity contribution >= 4 is 53.7 Å². The Kier molecular flexibility index (Phi) is 6.35. The van der Waals surface area contributed by atoms with Crippen molar-refractivity contribution in [3.63, 3.8) is 0 Å². The summed E-state index contributed by atoms with van der Waals surface area (Å²) in [6.45, 7) is 4.17. The standard InChI is InChI=1S/C13H16Br3NO/c1-3-13(4-2,8-14)17-12(18)9-5-10(15)7-11(16)6-9/h5-7H,3-4,8H2,1-2H3,(H,17,18). The highest BCUT2D eigenvalue weighted by Gasteiger charge is 2.27. The van der Waals surface area contributed by atoms with E-state index < -0.39 is 0 Å². The number of halogens is 3. The maximum absolute atomic E-state index is 12.3. The molecule has 100 valence electrons. The van der Waals surface area contributed by atoms with Crippen LogP contribution in [0.25, 0.3) is 0 Å². The molecule has 0 atom stereocenters. The Hall–Kier alpha value is 0.130. The molecule has 0 fully saturated rings. The predicted octanol–water partition coefficient (Wildman–Crippen LogP) is 4.90. The van der Waals surface area contributed by atoms with E-state index in [9.17, 15) is 4.79 Å². The van der Waals surface area contributed by atoms with E-state index in [1.54, 1.807) is 0 Å². The van der Waals surface area contributed by atoms with Gasteiger partial charge in [-0.1, -0.05) is 61.6 Å². The second-order valence-corrected chi connectivity index (χ2v) is 6.63. The number of hydrogen-bond acceptors (Lipinski definition) is 1. The molecule has 0 bridgehead atoms. The van der Waals surface area contributed by atoms with Crippen molar-refractivity contribution in [2.24, 2.45) is 0 Å². The van der Waals surface area contributed by atoms with Crippen LogP contribution in [0.4, 0.5) is 0 Å². The third-order valence-electron chi connectivity index (χ3n) is 3.11. The first kappa shape index (κ1) is 16.2. The smallest absolute Gasteiger partial charge is 0.251 e. The van der Waals surface area contributed by atoms with Gasteiger partial charge in [0.1, 0.15) is 0 Å². The van der Waals surface area contributed by atoms with Gasteiger partial charge in [-0.3, -0.25) is 4.79 Å². The van der Waals surface area contributed by atoms with Gasteiger partial charge in [0, 0.05) is 25.4 Å². The summed E-state index contributed by atoms with van der Waals surface area (Å²) in [4.78, 5) is 12.3. The van der Waals surface area contributed by atoms with Crippen LogP contribution in [0, 0.1) is 0 Å². The molecule has 1 N–H and O–H groups in total. The van der Waals surface area contributed by atoms with E-state index in [1.165, 1.54) is 0 Å². The van der Waals surface area contributed by atoms with E-state index in [1.807, 2.05) is 18.2 Å². The van der Waals surface area contributed by atoms with Crippen molar-refractivity contribution in [1.29, 1.82) is 0 Å². The van der Waals surface area contributed by atoms with Crippen LogP contribution in [-0.2, 0) is 0 Å². The van der Waals surface area contributed by atoms with Crippen LogP contribution < -0.4 is 5.32 Å². The SMILES string of the molecule is CCC(CC)(CBr)NC(=O)c1cc(Br)cc(Br)c1. The number of amides is 1. The molecule has 1 amide bonds. The summed E-state index contributed by atoms with van der Waals surface area (Å²) < 4.78 is 1.78. The van der Waals surface area contributed by atoms with Gasteiger partial charge in [-0.05, 0) is 31.0 Å². The molecule has 0 radical (unpaired) electrons. The molecule has 0 aliphatic carbocycles. The number of carbonyl (C=O) groups is 1. The molecule has 5 heteroatoms. The number of alkyl halides is 1. The van der Waals surface area contributed by atoms with Crippen molar-refractivity contribution in [2.45, 2.75) is 32.2 Å². The minimum absolute atomic E-state index is 0.0415. The van der Waals surface area contributed by atoms with Crippen LogP contribution in [0.1, 0.15) is 37.0 Å². The maximum atomic E-state index is 12.3. The number of hydrogen-bond donors (Lipinski definition) is 1. The molecular formula is C13H16Br3NO. The molecular weight excluding hydrogens is 426 g/mol. The van der Waals surface area contributed by atoms with Crippen molar-refractivity contribution in [2.75, 3.05) is 5.33 Å². The average molecular weight is 442 g/mol. The fourth-order valence-electron chi connectivity index (χ4n) is 1.65. The van der Waals surface area contributed by atoms with Crippen LogP contribution >= 0.6 is 47.8 Å². The molecule has 0 heterocycles. The predicted molar refractivity (Wildman–Crippen MR) is 86.4 cm³/mol. The van der Waals surface area contributed by atoms with Gasteiger partial charge in [0.15, 0.2) is 0 Å². The summed E-state index contributed by atoms with van der Waals surface area (Å²) in [6, 6.07) is 5.56. The van der Waals surface area contributed by atoms with Crippen molar-refractivity contribution in [3.8, 4) is 0 Å². The first-order valence-corrected chi connectivity index (χ1v) is 8.51. The highest BCUT2D eigenvalue weighted by Crippen LogP contribution is 2.22. The Morgan fingerprint density at radius 1 is 1.17 bits per heavy atom. The summed E-state index contributed by atoms with van der Waals surface area (Å²) in [6.07, 6.45) is 1.80. The first-order valence-electron chi connectivity index (χ1n) is 5.81. The lowest BCUT2D eigenvalue weighted by molar-refractivity contribution is 0.0903. The Morgan fingerprint density at radius 2 is 1.67 bits per heavy atom.